The van der Waals surface area contributed by atoms with E-state index in [-0.39, 0.29) is 5.56 Å². The van der Waals surface area contributed by atoms with Gasteiger partial charge >= 0.3 is 0 Å². The van der Waals surface area contributed by atoms with Crippen molar-refractivity contribution in [2.75, 3.05) is 0 Å². The van der Waals surface area contributed by atoms with Crippen LogP contribution >= 0.6 is 15.9 Å². The maximum atomic E-state index is 11.2. The van der Waals surface area contributed by atoms with E-state index in [0.29, 0.717) is 6.42 Å². The second-order valence-electron chi connectivity index (χ2n) is 5.99. The summed E-state index contributed by atoms with van der Waals surface area (Å²) in [6.45, 7) is 0. The molecule has 0 spiro atoms. The van der Waals surface area contributed by atoms with Crippen molar-refractivity contribution in [2.45, 2.75) is 12.8 Å². The standard InChI is InChI=1S/C20H15BrN2O2/c21-17-3-1-13(2-4-17)9-16-11-14(10-15-7-8-25-20(15)16)12-18-5-6-19(24)23-22-18/h1-8,10-11H,9,12H2,(H,23,24). The smallest absolute Gasteiger partial charge is 0.264 e. The van der Waals surface area contributed by atoms with Crippen LogP contribution in [0.3, 0.4) is 0 Å². The van der Waals surface area contributed by atoms with Gasteiger partial charge < -0.3 is 4.42 Å². The van der Waals surface area contributed by atoms with E-state index < -0.39 is 0 Å². The van der Waals surface area contributed by atoms with Crippen LogP contribution in [-0.4, -0.2) is 10.2 Å². The van der Waals surface area contributed by atoms with Crippen molar-refractivity contribution in [3.05, 3.63) is 98.1 Å². The van der Waals surface area contributed by atoms with Crippen molar-refractivity contribution in [2.24, 2.45) is 0 Å². The molecular weight excluding hydrogens is 380 g/mol. The number of furan rings is 1. The van der Waals surface area contributed by atoms with Crippen LogP contribution in [-0.2, 0) is 12.8 Å². The third-order valence-electron chi connectivity index (χ3n) is 4.12. The first-order chi connectivity index (χ1) is 12.2. The van der Waals surface area contributed by atoms with Gasteiger partial charge in [0.2, 0.25) is 0 Å². The van der Waals surface area contributed by atoms with E-state index in [9.17, 15) is 4.79 Å². The Kier molecular flexibility index (Phi) is 4.24. The van der Waals surface area contributed by atoms with Crippen LogP contribution in [0.2, 0.25) is 0 Å². The third-order valence-corrected chi connectivity index (χ3v) is 4.65. The molecule has 0 aliphatic heterocycles. The van der Waals surface area contributed by atoms with E-state index in [4.69, 9.17) is 4.42 Å². The van der Waals surface area contributed by atoms with Crippen LogP contribution in [0, 0.1) is 0 Å². The van der Waals surface area contributed by atoms with Gasteiger partial charge in [-0.2, -0.15) is 5.10 Å². The number of nitrogens with one attached hydrogen (secondary N) is 1. The molecule has 0 saturated carbocycles. The number of rotatable bonds is 4. The molecule has 1 N–H and O–H groups in total. The lowest BCUT2D eigenvalue weighted by Crippen LogP contribution is -2.07. The second-order valence-corrected chi connectivity index (χ2v) is 6.90. The zero-order valence-electron chi connectivity index (χ0n) is 13.3. The fourth-order valence-electron chi connectivity index (χ4n) is 2.96. The minimum atomic E-state index is -0.190. The molecule has 0 unspecified atom stereocenters. The van der Waals surface area contributed by atoms with Gasteiger partial charge in [0.15, 0.2) is 0 Å². The molecule has 5 heteroatoms. The fourth-order valence-corrected chi connectivity index (χ4v) is 3.23. The number of aromatic nitrogens is 2. The lowest BCUT2D eigenvalue weighted by molar-refractivity contribution is 0.612. The minimum Gasteiger partial charge on any atom is -0.464 e. The minimum absolute atomic E-state index is 0.190. The summed E-state index contributed by atoms with van der Waals surface area (Å²) < 4.78 is 6.76. The topological polar surface area (TPSA) is 58.9 Å². The molecule has 0 atom stereocenters. The summed E-state index contributed by atoms with van der Waals surface area (Å²) in [6.07, 6.45) is 3.17. The largest absolute Gasteiger partial charge is 0.464 e. The van der Waals surface area contributed by atoms with Gasteiger partial charge in [0.25, 0.3) is 5.56 Å². The lowest BCUT2D eigenvalue weighted by Gasteiger charge is -2.07. The number of benzene rings is 2. The summed E-state index contributed by atoms with van der Waals surface area (Å²) in [5, 5.41) is 7.66. The second kappa shape index (κ2) is 6.69. The van der Waals surface area contributed by atoms with Crippen molar-refractivity contribution in [1.29, 1.82) is 0 Å². The van der Waals surface area contributed by atoms with Gasteiger partial charge in [-0.3, -0.25) is 4.79 Å². The molecule has 0 fully saturated rings. The Hall–Kier alpha value is -2.66. The Morgan fingerprint density at radius 3 is 2.56 bits per heavy atom. The van der Waals surface area contributed by atoms with Crippen LogP contribution in [0.5, 0.6) is 0 Å². The Labute approximate surface area is 152 Å². The Balaban J connectivity index is 1.70. The summed E-state index contributed by atoms with van der Waals surface area (Å²) in [7, 11) is 0. The quantitative estimate of drug-likeness (QED) is 0.555. The van der Waals surface area contributed by atoms with Gasteiger partial charge in [0.1, 0.15) is 5.58 Å². The molecular formula is C20H15BrN2O2. The van der Waals surface area contributed by atoms with Crippen LogP contribution in [0.15, 0.2) is 74.5 Å². The highest BCUT2D eigenvalue weighted by Crippen LogP contribution is 2.26. The first-order valence-electron chi connectivity index (χ1n) is 7.95. The predicted molar refractivity (Wildman–Crippen MR) is 101 cm³/mol. The van der Waals surface area contributed by atoms with E-state index in [1.807, 2.05) is 18.2 Å². The summed E-state index contributed by atoms with van der Waals surface area (Å²) in [4.78, 5) is 11.2. The normalized spacial score (nSPS) is 11.1. The molecule has 0 aliphatic carbocycles. The monoisotopic (exact) mass is 394 g/mol. The molecule has 4 rings (SSSR count). The van der Waals surface area contributed by atoms with Crippen LogP contribution in [0.1, 0.15) is 22.4 Å². The van der Waals surface area contributed by atoms with E-state index >= 15 is 0 Å². The zero-order chi connectivity index (χ0) is 17.2. The van der Waals surface area contributed by atoms with Crippen LogP contribution in [0.25, 0.3) is 11.0 Å². The van der Waals surface area contributed by atoms with Crippen molar-refractivity contribution in [3.8, 4) is 0 Å². The molecule has 0 saturated heterocycles. The molecule has 2 aromatic heterocycles. The molecule has 0 bridgehead atoms. The average molecular weight is 395 g/mol. The zero-order valence-corrected chi connectivity index (χ0v) is 14.9. The fraction of sp³-hybridized carbons (Fsp3) is 0.100. The molecule has 25 heavy (non-hydrogen) atoms. The van der Waals surface area contributed by atoms with Crippen LogP contribution < -0.4 is 5.56 Å². The van der Waals surface area contributed by atoms with Gasteiger partial charge in [0.05, 0.1) is 12.0 Å². The molecule has 0 aliphatic rings. The van der Waals surface area contributed by atoms with Crippen molar-refractivity contribution < 1.29 is 4.42 Å². The maximum absolute atomic E-state index is 11.2. The number of fused-ring (bicyclic) bond motifs is 1. The highest BCUT2D eigenvalue weighted by atomic mass is 79.9. The molecule has 0 radical (unpaired) electrons. The van der Waals surface area contributed by atoms with Gasteiger partial charge in [-0.25, -0.2) is 5.10 Å². The summed E-state index contributed by atoms with van der Waals surface area (Å²) in [6, 6.07) is 17.8. The third kappa shape index (κ3) is 3.56. The number of hydrogen-bond donors (Lipinski definition) is 1. The predicted octanol–water partition coefficient (Wildman–Crippen LogP) is 4.46. The number of aromatic amines is 1. The number of hydrogen-bond acceptors (Lipinski definition) is 3. The Bertz CT molecular complexity index is 1060. The highest BCUT2D eigenvalue weighted by molar-refractivity contribution is 9.10. The number of nitrogens with zero attached hydrogens (tertiary/aromatic N) is 1. The van der Waals surface area contributed by atoms with Gasteiger partial charge in [-0.05, 0) is 41.5 Å². The van der Waals surface area contributed by atoms with Crippen molar-refractivity contribution >= 4 is 26.9 Å². The van der Waals surface area contributed by atoms with E-state index in [2.05, 4.69) is 50.4 Å². The molecule has 2 aromatic carbocycles. The van der Waals surface area contributed by atoms with Gasteiger partial charge in [-0.15, -0.1) is 0 Å². The summed E-state index contributed by atoms with van der Waals surface area (Å²) in [5.74, 6) is 0. The molecule has 4 nitrogen and oxygen atoms in total. The molecule has 0 amide bonds. The molecule has 124 valence electrons. The summed E-state index contributed by atoms with van der Waals surface area (Å²) in [5.41, 5.74) is 5.06. The summed E-state index contributed by atoms with van der Waals surface area (Å²) >= 11 is 3.47. The van der Waals surface area contributed by atoms with Crippen molar-refractivity contribution in [1.82, 2.24) is 10.2 Å². The highest BCUT2D eigenvalue weighted by Gasteiger charge is 2.09. The van der Waals surface area contributed by atoms with Gasteiger partial charge in [-0.1, -0.05) is 34.1 Å². The SMILES string of the molecule is O=c1ccc(Cc2cc(Cc3ccc(Br)cc3)c3occc3c2)n[nH]1. The average Bonchev–Trinajstić information content (AvgIpc) is 3.08. The van der Waals surface area contributed by atoms with E-state index in [0.717, 1.165) is 38.7 Å². The Morgan fingerprint density at radius 2 is 1.80 bits per heavy atom. The molecule has 4 aromatic rings. The lowest BCUT2D eigenvalue weighted by atomic mass is 9.98. The number of H-pyrrole nitrogens is 1. The maximum Gasteiger partial charge on any atom is 0.264 e. The van der Waals surface area contributed by atoms with Gasteiger partial charge in [0, 0.05) is 34.3 Å². The number of halogens is 1. The first kappa shape index (κ1) is 15.8. The Morgan fingerprint density at radius 1 is 0.960 bits per heavy atom. The molecule has 2 heterocycles. The van der Waals surface area contributed by atoms with Crippen molar-refractivity contribution in [3.63, 3.8) is 0 Å². The van der Waals surface area contributed by atoms with Crippen LogP contribution in [0.4, 0.5) is 0 Å². The van der Waals surface area contributed by atoms with E-state index in [1.54, 1.807) is 12.3 Å². The first-order valence-corrected chi connectivity index (χ1v) is 8.75. The van der Waals surface area contributed by atoms with E-state index in [1.165, 1.54) is 11.6 Å².